The SMILES string of the molecule is C=CC(=O)N1CC2(CCN(c3nc(C4CCN(C(C)C)CC4)nc4c(OCC(F)(F)F)c(-c5c(C)ccc6[nH]ncc56)c(C=C)cc34)CC2)C1. The van der Waals surface area contributed by atoms with Gasteiger partial charge in [0.05, 0.1) is 11.7 Å². The number of aromatic amines is 1. The van der Waals surface area contributed by atoms with Crippen molar-refractivity contribution in [3.8, 4) is 16.9 Å². The number of anilines is 1. The Bertz CT molecular complexity index is 1950. The Morgan fingerprint density at radius 2 is 1.80 bits per heavy atom. The number of benzene rings is 2. The van der Waals surface area contributed by atoms with Gasteiger partial charge in [-0.25, -0.2) is 9.97 Å². The molecular weight excluding hydrogens is 643 g/mol. The molecule has 1 spiro atoms. The Labute approximate surface area is 290 Å². The van der Waals surface area contributed by atoms with E-state index < -0.39 is 12.8 Å². The summed E-state index contributed by atoms with van der Waals surface area (Å²) in [6.45, 7) is 17.1. The summed E-state index contributed by atoms with van der Waals surface area (Å²) in [5.74, 6) is 1.41. The number of rotatable bonds is 8. The molecular formula is C38H44F3N7O2. The van der Waals surface area contributed by atoms with Gasteiger partial charge in [0.15, 0.2) is 12.4 Å². The zero-order chi connectivity index (χ0) is 35.4. The summed E-state index contributed by atoms with van der Waals surface area (Å²) in [6.07, 6.45) is 3.58. The highest BCUT2D eigenvalue weighted by Crippen LogP contribution is 2.48. The van der Waals surface area contributed by atoms with Crippen molar-refractivity contribution in [2.45, 2.75) is 64.6 Å². The molecule has 50 heavy (non-hydrogen) atoms. The Hall–Kier alpha value is -4.45. The monoisotopic (exact) mass is 687 g/mol. The second-order valence-electron chi connectivity index (χ2n) is 14.5. The summed E-state index contributed by atoms with van der Waals surface area (Å²) in [6, 6.07) is 6.21. The topological polar surface area (TPSA) is 90.5 Å². The fraction of sp³-hybridized carbons (Fsp3) is 0.474. The van der Waals surface area contributed by atoms with Gasteiger partial charge in [-0.2, -0.15) is 18.3 Å². The lowest BCUT2D eigenvalue weighted by Crippen LogP contribution is -2.61. The molecule has 5 heterocycles. The number of carbonyl (C=O) groups is 1. The predicted octanol–water partition coefficient (Wildman–Crippen LogP) is 7.27. The Morgan fingerprint density at radius 3 is 2.44 bits per heavy atom. The lowest BCUT2D eigenvalue weighted by Gasteiger charge is -2.54. The van der Waals surface area contributed by atoms with Crippen LogP contribution in [0.3, 0.4) is 0 Å². The van der Waals surface area contributed by atoms with Gasteiger partial charge in [0, 0.05) is 59.9 Å². The quantitative estimate of drug-likeness (QED) is 0.195. The molecule has 2 aromatic carbocycles. The Kier molecular flexibility index (Phi) is 8.86. The number of carbonyl (C=O) groups excluding carboxylic acids is 1. The summed E-state index contributed by atoms with van der Waals surface area (Å²) in [7, 11) is 0. The van der Waals surface area contributed by atoms with Crippen LogP contribution in [0.25, 0.3) is 39.0 Å². The number of alkyl halides is 3. The predicted molar refractivity (Wildman–Crippen MR) is 190 cm³/mol. The van der Waals surface area contributed by atoms with Gasteiger partial charge < -0.3 is 19.4 Å². The molecule has 0 saturated carbocycles. The van der Waals surface area contributed by atoms with E-state index >= 15 is 0 Å². The number of H-pyrrole nitrogens is 1. The fourth-order valence-corrected chi connectivity index (χ4v) is 8.08. The molecule has 0 bridgehead atoms. The molecule has 0 atom stereocenters. The first kappa shape index (κ1) is 34.0. The third-order valence-electron chi connectivity index (χ3n) is 10.9. The highest BCUT2D eigenvalue weighted by Gasteiger charge is 2.46. The van der Waals surface area contributed by atoms with Crippen molar-refractivity contribution < 1.29 is 22.7 Å². The van der Waals surface area contributed by atoms with E-state index in [1.54, 1.807) is 12.3 Å². The number of halogens is 3. The third kappa shape index (κ3) is 6.22. The van der Waals surface area contributed by atoms with Gasteiger partial charge in [-0.15, -0.1) is 0 Å². The molecule has 2 aromatic heterocycles. The number of piperidine rings is 2. The maximum atomic E-state index is 14.0. The number of hydrogen-bond acceptors (Lipinski definition) is 7. The molecule has 0 aliphatic carbocycles. The van der Waals surface area contributed by atoms with Crippen LogP contribution in [0.4, 0.5) is 19.0 Å². The van der Waals surface area contributed by atoms with Gasteiger partial charge in [-0.05, 0) is 94.4 Å². The fourth-order valence-electron chi connectivity index (χ4n) is 8.08. The van der Waals surface area contributed by atoms with Crippen molar-refractivity contribution in [2.75, 3.05) is 50.8 Å². The normalized spacial score (nSPS) is 18.6. The smallest absolute Gasteiger partial charge is 0.422 e. The molecule has 0 radical (unpaired) electrons. The zero-order valence-corrected chi connectivity index (χ0v) is 28.9. The van der Waals surface area contributed by atoms with Crippen LogP contribution in [-0.4, -0.2) is 94.0 Å². The maximum absolute atomic E-state index is 14.0. The molecule has 4 aromatic rings. The minimum atomic E-state index is -4.57. The average Bonchev–Trinajstić information content (AvgIpc) is 3.57. The first-order chi connectivity index (χ1) is 23.9. The minimum absolute atomic E-state index is 0.0474. The molecule has 264 valence electrons. The van der Waals surface area contributed by atoms with Crippen LogP contribution in [0.2, 0.25) is 0 Å². The van der Waals surface area contributed by atoms with E-state index in [-0.39, 0.29) is 23.0 Å². The van der Waals surface area contributed by atoms with Crippen LogP contribution < -0.4 is 9.64 Å². The van der Waals surface area contributed by atoms with Gasteiger partial charge in [0.25, 0.3) is 0 Å². The number of aryl methyl sites for hydroxylation is 1. The van der Waals surface area contributed by atoms with E-state index in [0.29, 0.717) is 65.9 Å². The lowest BCUT2D eigenvalue weighted by molar-refractivity contribution is -0.153. The largest absolute Gasteiger partial charge is 0.481 e. The van der Waals surface area contributed by atoms with Gasteiger partial charge in [0.2, 0.25) is 5.91 Å². The second-order valence-corrected chi connectivity index (χ2v) is 14.5. The van der Waals surface area contributed by atoms with Gasteiger partial charge in [-0.1, -0.05) is 25.3 Å². The summed E-state index contributed by atoms with van der Waals surface area (Å²) >= 11 is 0. The van der Waals surface area contributed by atoms with Crippen molar-refractivity contribution in [3.63, 3.8) is 0 Å². The molecule has 1 N–H and O–H groups in total. The number of nitrogens with one attached hydrogen (secondary N) is 1. The third-order valence-corrected chi connectivity index (χ3v) is 10.9. The molecule has 3 fully saturated rings. The van der Waals surface area contributed by atoms with Gasteiger partial charge >= 0.3 is 6.18 Å². The molecule has 1 amide bonds. The summed E-state index contributed by atoms with van der Waals surface area (Å²) in [4.78, 5) is 29.1. The molecule has 9 nitrogen and oxygen atoms in total. The lowest BCUT2D eigenvalue weighted by atomic mass is 9.72. The number of hydrogen-bond donors (Lipinski definition) is 1. The number of nitrogens with zero attached hydrogens (tertiary/aromatic N) is 6. The Morgan fingerprint density at radius 1 is 1.08 bits per heavy atom. The van der Waals surface area contributed by atoms with Crippen molar-refractivity contribution >= 4 is 39.6 Å². The summed E-state index contributed by atoms with van der Waals surface area (Å²) in [5, 5.41) is 8.63. The van der Waals surface area contributed by atoms with Crippen LogP contribution in [0.15, 0.2) is 43.6 Å². The van der Waals surface area contributed by atoms with Crippen molar-refractivity contribution in [2.24, 2.45) is 5.41 Å². The van der Waals surface area contributed by atoms with Crippen molar-refractivity contribution in [3.05, 3.63) is 60.6 Å². The average molecular weight is 688 g/mol. The highest BCUT2D eigenvalue weighted by molar-refractivity contribution is 6.07. The van der Waals surface area contributed by atoms with E-state index in [1.807, 2.05) is 30.0 Å². The molecule has 3 saturated heterocycles. The number of likely N-dealkylation sites (tertiary alicyclic amines) is 2. The minimum Gasteiger partial charge on any atom is -0.481 e. The van der Waals surface area contributed by atoms with Crippen LogP contribution in [0.5, 0.6) is 5.75 Å². The van der Waals surface area contributed by atoms with Gasteiger partial charge in [-0.3, -0.25) is 9.89 Å². The highest BCUT2D eigenvalue weighted by atomic mass is 19.4. The summed E-state index contributed by atoms with van der Waals surface area (Å²) in [5.41, 5.74) is 3.89. The number of ether oxygens (including phenoxy) is 1. The van der Waals surface area contributed by atoms with E-state index in [1.165, 1.54) is 6.08 Å². The standard InChI is InChI=1S/C38H44F3N7O2/c1-6-25-18-27-33(34(50-22-38(39,40)41)32(25)31-24(5)8-9-29-28(31)19-42-45-29)43-35(26-10-14-46(15-11-26)23(3)4)44-36(27)47-16-12-37(13-17-47)20-48(21-37)30(49)7-2/h6-9,18-19,23,26H,1-2,10-17,20-22H2,3-5H3,(H,42,45). The number of fused-ring (bicyclic) bond motifs is 2. The van der Waals surface area contributed by atoms with E-state index in [0.717, 1.165) is 60.8 Å². The number of aromatic nitrogens is 4. The summed E-state index contributed by atoms with van der Waals surface area (Å²) < 4.78 is 47.7. The van der Waals surface area contributed by atoms with Crippen LogP contribution in [0.1, 0.15) is 62.4 Å². The Balaban J connectivity index is 1.39. The molecule has 7 rings (SSSR count). The maximum Gasteiger partial charge on any atom is 0.422 e. The molecule has 3 aliphatic heterocycles. The molecule has 0 unspecified atom stereocenters. The molecule has 3 aliphatic rings. The van der Waals surface area contributed by atoms with Crippen LogP contribution in [0, 0.1) is 12.3 Å². The van der Waals surface area contributed by atoms with Gasteiger partial charge in [0.1, 0.15) is 17.2 Å². The zero-order valence-electron chi connectivity index (χ0n) is 28.9. The number of amides is 1. The van der Waals surface area contributed by atoms with E-state index in [9.17, 15) is 18.0 Å². The van der Waals surface area contributed by atoms with Crippen LogP contribution >= 0.6 is 0 Å². The first-order valence-corrected chi connectivity index (χ1v) is 17.4. The van der Waals surface area contributed by atoms with E-state index in [4.69, 9.17) is 14.7 Å². The second kappa shape index (κ2) is 13.0. The van der Waals surface area contributed by atoms with Crippen molar-refractivity contribution in [1.82, 2.24) is 30.0 Å². The van der Waals surface area contributed by atoms with E-state index in [2.05, 4.69) is 47.0 Å². The first-order valence-electron chi connectivity index (χ1n) is 17.4. The van der Waals surface area contributed by atoms with Crippen LogP contribution in [-0.2, 0) is 4.79 Å². The van der Waals surface area contributed by atoms with Crippen molar-refractivity contribution in [1.29, 1.82) is 0 Å². The molecule has 12 heteroatoms.